The number of carbonyl (C=O) groups excluding carboxylic acids is 1. The number of aromatic nitrogens is 1. The number of amidine groups is 1. The molecule has 2 unspecified atom stereocenters. The number of benzene rings is 1. The zero-order chi connectivity index (χ0) is 24.7. The van der Waals surface area contributed by atoms with E-state index in [1.807, 2.05) is 5.38 Å². The van der Waals surface area contributed by atoms with Crippen molar-refractivity contribution in [2.75, 3.05) is 32.8 Å². The molecule has 0 saturated carbocycles. The number of aliphatic carboxylic acids is 1. The number of thiazole rings is 1. The van der Waals surface area contributed by atoms with Gasteiger partial charge in [0, 0.05) is 41.4 Å². The van der Waals surface area contributed by atoms with Crippen molar-refractivity contribution in [2.45, 2.75) is 18.1 Å². The second-order valence-electron chi connectivity index (χ2n) is 8.47. The Morgan fingerprint density at radius 1 is 1.31 bits per heavy atom. The van der Waals surface area contributed by atoms with Crippen LogP contribution in [-0.4, -0.2) is 82.7 Å². The van der Waals surface area contributed by atoms with Crippen molar-refractivity contribution in [1.82, 2.24) is 20.1 Å². The van der Waals surface area contributed by atoms with Gasteiger partial charge in [-0.2, -0.15) is 0 Å². The number of carboxylic acid groups (broad SMARTS) is 1. The number of piperazine rings is 1. The number of primary amides is 1. The molecular formula is C22H22BrFN6O4S. The summed E-state index contributed by atoms with van der Waals surface area (Å²) in [4.78, 5) is 37.1. The first-order chi connectivity index (χ1) is 16.8. The van der Waals surface area contributed by atoms with Crippen LogP contribution in [0, 0.1) is 5.82 Å². The second-order valence-corrected chi connectivity index (χ2v) is 10.2. The maximum atomic E-state index is 13.8. The quantitative estimate of drug-likeness (QED) is 0.505. The Morgan fingerprint density at radius 2 is 2.06 bits per heavy atom. The lowest BCUT2D eigenvalue weighted by Crippen LogP contribution is -2.66. The first-order valence-corrected chi connectivity index (χ1v) is 12.5. The monoisotopic (exact) mass is 564 g/mol. The summed E-state index contributed by atoms with van der Waals surface area (Å²) in [7, 11) is 0. The van der Waals surface area contributed by atoms with E-state index in [-0.39, 0.29) is 24.2 Å². The van der Waals surface area contributed by atoms with Gasteiger partial charge in [-0.25, -0.2) is 19.0 Å². The van der Waals surface area contributed by atoms with Gasteiger partial charge in [0.25, 0.3) is 0 Å². The fourth-order valence-electron chi connectivity index (χ4n) is 4.72. The predicted octanol–water partition coefficient (Wildman–Crippen LogP) is 1.94. The summed E-state index contributed by atoms with van der Waals surface area (Å²) in [6, 6.07) is 2.45. The van der Waals surface area contributed by atoms with Crippen LogP contribution in [0.25, 0.3) is 0 Å². The van der Waals surface area contributed by atoms with E-state index in [0.717, 1.165) is 0 Å². The standard InChI is InChI=1S/C22H22BrFN6O4S/c23-15-5-11(24)1-2-14(15)18-17(21(31)32)16(27-19(28-18)20-26-3-4-35-20)8-30-12-6-29(22(25)33)7-13(30)10-34-9-12/h1-5,12-13,18H,6-10H2,(H2,25,33)(H,27,28)(H,31,32)/t12?,13?,18-/m0/s1. The van der Waals surface area contributed by atoms with Crippen LogP contribution in [0.1, 0.15) is 16.6 Å². The van der Waals surface area contributed by atoms with Crippen LogP contribution < -0.4 is 11.1 Å². The number of carboxylic acids is 1. The summed E-state index contributed by atoms with van der Waals surface area (Å²) in [6.07, 6.45) is 1.65. The Morgan fingerprint density at radius 3 is 2.66 bits per heavy atom. The number of urea groups is 1. The molecule has 35 heavy (non-hydrogen) atoms. The number of halogens is 2. The fraction of sp³-hybridized carbons (Fsp3) is 0.364. The number of hydrogen-bond donors (Lipinski definition) is 3. The highest BCUT2D eigenvalue weighted by Gasteiger charge is 2.41. The number of hydrogen-bond acceptors (Lipinski definition) is 8. The molecule has 10 nitrogen and oxygen atoms in total. The third-order valence-electron chi connectivity index (χ3n) is 6.32. The van der Waals surface area contributed by atoms with Crippen molar-refractivity contribution in [3.8, 4) is 0 Å². The lowest BCUT2D eigenvalue weighted by atomic mass is 9.94. The molecular weight excluding hydrogens is 543 g/mol. The average molecular weight is 565 g/mol. The maximum Gasteiger partial charge on any atom is 0.335 e. The van der Waals surface area contributed by atoms with Gasteiger partial charge in [-0.3, -0.25) is 9.89 Å². The van der Waals surface area contributed by atoms with Crippen LogP contribution >= 0.6 is 27.3 Å². The van der Waals surface area contributed by atoms with Crippen molar-refractivity contribution in [3.63, 3.8) is 0 Å². The molecule has 4 N–H and O–H groups in total. The average Bonchev–Trinajstić information content (AvgIpc) is 3.33. The van der Waals surface area contributed by atoms with Gasteiger partial charge in [-0.05, 0) is 17.7 Å². The topological polar surface area (TPSA) is 133 Å². The number of nitrogens with two attached hydrogens (primary N) is 1. The molecule has 2 fully saturated rings. The van der Waals surface area contributed by atoms with E-state index < -0.39 is 23.9 Å². The lowest BCUT2D eigenvalue weighted by molar-refractivity contribution is -0.133. The lowest BCUT2D eigenvalue weighted by Gasteiger charge is -2.49. The second kappa shape index (κ2) is 9.64. The zero-order valence-electron chi connectivity index (χ0n) is 18.4. The molecule has 1 aromatic carbocycles. The van der Waals surface area contributed by atoms with Crippen LogP contribution in [0.2, 0.25) is 0 Å². The summed E-state index contributed by atoms with van der Waals surface area (Å²) in [5.41, 5.74) is 6.57. The minimum atomic E-state index is -1.13. The fourth-order valence-corrected chi connectivity index (χ4v) is 5.87. The zero-order valence-corrected chi connectivity index (χ0v) is 20.8. The molecule has 3 atom stereocenters. The molecule has 3 aliphatic rings. The third-order valence-corrected chi connectivity index (χ3v) is 7.79. The van der Waals surface area contributed by atoms with Crippen molar-refractivity contribution in [2.24, 2.45) is 10.7 Å². The SMILES string of the molecule is NC(=O)N1CC2COCC(C1)N2CC1=C(C(=O)O)[C@H](c2ccc(F)cc2Br)N=C(c2nccs2)N1. The molecule has 0 spiro atoms. The number of fused-ring (bicyclic) bond motifs is 2. The van der Waals surface area contributed by atoms with Gasteiger partial charge >= 0.3 is 12.0 Å². The molecule has 0 radical (unpaired) electrons. The smallest absolute Gasteiger partial charge is 0.335 e. The Labute approximate surface area is 212 Å². The number of aliphatic imine (C=N–C) groups is 1. The van der Waals surface area contributed by atoms with E-state index in [9.17, 15) is 19.1 Å². The molecule has 2 saturated heterocycles. The van der Waals surface area contributed by atoms with Crippen LogP contribution in [0.3, 0.4) is 0 Å². The minimum absolute atomic E-state index is 0.0638. The first-order valence-electron chi connectivity index (χ1n) is 10.9. The van der Waals surface area contributed by atoms with E-state index in [4.69, 9.17) is 10.5 Å². The molecule has 0 aliphatic carbocycles. The first kappa shape index (κ1) is 23.9. The Kier molecular flexibility index (Phi) is 6.57. The number of rotatable bonds is 5. The van der Waals surface area contributed by atoms with E-state index in [0.29, 0.717) is 52.9 Å². The molecule has 2 bridgehead atoms. The summed E-state index contributed by atoms with van der Waals surface area (Å²) in [5.74, 6) is -1.13. The number of amides is 2. The van der Waals surface area contributed by atoms with E-state index in [1.54, 1.807) is 11.1 Å². The molecule has 2 aromatic rings. The molecule has 4 heterocycles. The molecule has 3 aliphatic heterocycles. The van der Waals surface area contributed by atoms with Gasteiger partial charge < -0.3 is 25.8 Å². The normalized spacial score (nSPS) is 24.7. The van der Waals surface area contributed by atoms with Gasteiger partial charge in [0.1, 0.15) is 11.9 Å². The van der Waals surface area contributed by atoms with Crippen molar-refractivity contribution >= 4 is 45.1 Å². The van der Waals surface area contributed by atoms with Crippen molar-refractivity contribution in [1.29, 1.82) is 0 Å². The van der Waals surface area contributed by atoms with Crippen LogP contribution in [0.15, 0.2) is 50.5 Å². The summed E-state index contributed by atoms with van der Waals surface area (Å²) < 4.78 is 19.9. The highest BCUT2D eigenvalue weighted by Crippen LogP contribution is 2.37. The predicted molar refractivity (Wildman–Crippen MR) is 130 cm³/mol. The van der Waals surface area contributed by atoms with Gasteiger partial charge in [0.2, 0.25) is 0 Å². The Balaban J connectivity index is 1.56. The van der Waals surface area contributed by atoms with Gasteiger partial charge in [0.15, 0.2) is 10.8 Å². The van der Waals surface area contributed by atoms with Gasteiger partial charge in [-0.1, -0.05) is 22.0 Å². The van der Waals surface area contributed by atoms with Crippen LogP contribution in [-0.2, 0) is 9.53 Å². The van der Waals surface area contributed by atoms with E-state index >= 15 is 0 Å². The number of ether oxygens (including phenoxy) is 1. The number of morpholine rings is 1. The van der Waals surface area contributed by atoms with Gasteiger partial charge in [-0.15, -0.1) is 11.3 Å². The largest absolute Gasteiger partial charge is 0.478 e. The third kappa shape index (κ3) is 4.68. The van der Waals surface area contributed by atoms with E-state index in [1.165, 1.54) is 29.5 Å². The highest BCUT2D eigenvalue weighted by molar-refractivity contribution is 9.10. The molecule has 2 amide bonds. The van der Waals surface area contributed by atoms with Crippen molar-refractivity contribution in [3.05, 3.63) is 61.9 Å². The van der Waals surface area contributed by atoms with Crippen LogP contribution in [0.5, 0.6) is 0 Å². The van der Waals surface area contributed by atoms with Gasteiger partial charge in [0.05, 0.1) is 30.9 Å². The maximum absolute atomic E-state index is 13.8. The molecule has 5 rings (SSSR count). The summed E-state index contributed by atoms with van der Waals surface area (Å²) in [6.45, 7) is 1.85. The molecule has 1 aromatic heterocycles. The highest BCUT2D eigenvalue weighted by atomic mass is 79.9. The summed E-state index contributed by atoms with van der Waals surface area (Å²) >= 11 is 4.75. The number of nitrogens with zero attached hydrogens (tertiary/aromatic N) is 4. The molecule has 184 valence electrons. The minimum Gasteiger partial charge on any atom is -0.478 e. The number of carbonyl (C=O) groups is 2. The number of nitrogens with one attached hydrogen (secondary N) is 1. The van der Waals surface area contributed by atoms with Crippen molar-refractivity contribution < 1.29 is 23.8 Å². The summed E-state index contributed by atoms with van der Waals surface area (Å²) in [5, 5.41) is 15.9. The Hall–Kier alpha value is -2.87. The van der Waals surface area contributed by atoms with Crippen LogP contribution in [0.4, 0.5) is 9.18 Å². The Bertz CT molecular complexity index is 1210. The van der Waals surface area contributed by atoms with E-state index in [2.05, 4.69) is 36.1 Å². The molecule has 13 heteroatoms.